The highest BCUT2D eigenvalue weighted by atomic mass is 35.5. The normalized spacial score (nSPS) is 22.1. The van der Waals surface area contributed by atoms with Crippen molar-refractivity contribution >= 4 is 57.1 Å². The molecule has 2 aliphatic rings. The number of carboxylic acid groups (broad SMARTS) is 1. The number of likely N-dealkylation sites (tertiary alicyclic amines) is 1. The molecule has 13 heteroatoms. The summed E-state index contributed by atoms with van der Waals surface area (Å²) in [6.45, 7) is 10.1. The number of rotatable bonds is 9. The van der Waals surface area contributed by atoms with Crippen LogP contribution in [-0.2, 0) is 11.3 Å². The molecule has 40 heavy (non-hydrogen) atoms. The highest BCUT2D eigenvalue weighted by Gasteiger charge is 2.30. The zero-order valence-electron chi connectivity index (χ0n) is 22.8. The van der Waals surface area contributed by atoms with E-state index < -0.39 is 5.97 Å². The lowest BCUT2D eigenvalue weighted by Gasteiger charge is -2.40. The van der Waals surface area contributed by atoms with Crippen molar-refractivity contribution in [2.45, 2.75) is 64.7 Å². The number of nitrogens with zero attached hydrogens (tertiary/aromatic N) is 6. The van der Waals surface area contributed by atoms with Crippen LogP contribution >= 0.6 is 34.3 Å². The van der Waals surface area contributed by atoms with E-state index in [4.69, 9.17) is 21.7 Å². The second-order valence-corrected chi connectivity index (χ2v) is 13.2. The summed E-state index contributed by atoms with van der Waals surface area (Å²) in [5.74, 6) is -0.446. The molecule has 1 unspecified atom stereocenters. The van der Waals surface area contributed by atoms with Gasteiger partial charge in [-0.2, -0.15) is 0 Å². The highest BCUT2D eigenvalue weighted by molar-refractivity contribution is 7.16. The monoisotopic (exact) mass is 603 g/mol. The third-order valence-corrected chi connectivity index (χ3v) is 9.84. The van der Waals surface area contributed by atoms with Gasteiger partial charge in [0.15, 0.2) is 5.13 Å². The number of halogens is 1. The molecule has 5 heterocycles. The minimum Gasteiger partial charge on any atom is -0.481 e. The van der Waals surface area contributed by atoms with Crippen molar-refractivity contribution in [1.82, 2.24) is 24.8 Å². The Hall–Kier alpha value is -2.64. The van der Waals surface area contributed by atoms with Crippen LogP contribution in [0.15, 0.2) is 23.8 Å². The third-order valence-electron chi connectivity index (χ3n) is 7.79. The molecule has 0 aromatic carbocycles. The van der Waals surface area contributed by atoms with Crippen LogP contribution in [0.25, 0.3) is 11.3 Å². The number of anilines is 2. The maximum absolute atomic E-state index is 13.1. The van der Waals surface area contributed by atoms with E-state index in [-0.39, 0.29) is 24.1 Å². The molecule has 0 aliphatic carbocycles. The first-order valence-electron chi connectivity index (χ1n) is 13.5. The standard InChI is InChI=1S/C27H34ClN7O3S2/c1-16-4-5-17(2)35(16)14-21-25(19-10-22(28)39-15-19)31-27(40-21)32-26(38)20-11-30-23(12-29-20)34-9-8-33(18(3)13-34)7-6-24(36)37/h10-12,15-18H,4-9,13-14H2,1-3H3,(H,36,37)(H,31,32,38)/t16-,17?,18+/m1/s1. The molecule has 5 rings (SSSR count). The number of thiophene rings is 1. The molecule has 0 saturated carbocycles. The second-order valence-electron chi connectivity index (χ2n) is 10.6. The van der Waals surface area contributed by atoms with Crippen molar-refractivity contribution in [2.24, 2.45) is 0 Å². The summed E-state index contributed by atoms with van der Waals surface area (Å²) >= 11 is 9.19. The fourth-order valence-electron chi connectivity index (χ4n) is 5.44. The Labute approximate surface area is 247 Å². The zero-order valence-corrected chi connectivity index (χ0v) is 25.2. The van der Waals surface area contributed by atoms with Crippen LogP contribution in [0.2, 0.25) is 4.34 Å². The Balaban J connectivity index is 1.26. The summed E-state index contributed by atoms with van der Waals surface area (Å²) in [6.07, 6.45) is 5.60. The van der Waals surface area contributed by atoms with Crippen molar-refractivity contribution in [3.8, 4) is 11.3 Å². The van der Waals surface area contributed by atoms with Gasteiger partial charge in [0, 0.05) is 66.7 Å². The molecular weight excluding hydrogens is 570 g/mol. The smallest absolute Gasteiger partial charge is 0.304 e. The lowest BCUT2D eigenvalue weighted by Crippen LogP contribution is -2.52. The van der Waals surface area contributed by atoms with Crippen LogP contribution in [-0.4, -0.2) is 86.0 Å². The van der Waals surface area contributed by atoms with Gasteiger partial charge in [0.2, 0.25) is 0 Å². The minimum atomic E-state index is -0.786. The molecule has 3 aromatic heterocycles. The summed E-state index contributed by atoms with van der Waals surface area (Å²) < 4.78 is 0.703. The Kier molecular flexibility index (Phi) is 9.01. The van der Waals surface area contributed by atoms with Crippen LogP contribution < -0.4 is 10.2 Å². The molecule has 2 N–H and O–H groups in total. The number of aromatic nitrogens is 3. The average molecular weight is 604 g/mol. The maximum atomic E-state index is 13.1. The molecular formula is C27H34ClN7O3S2. The fourth-order valence-corrected chi connectivity index (χ4v) is 7.29. The van der Waals surface area contributed by atoms with Gasteiger partial charge < -0.3 is 10.0 Å². The number of hydrogen-bond acceptors (Lipinski definition) is 10. The predicted molar refractivity (Wildman–Crippen MR) is 160 cm³/mol. The van der Waals surface area contributed by atoms with Crippen LogP contribution in [0.5, 0.6) is 0 Å². The summed E-state index contributed by atoms with van der Waals surface area (Å²) in [5, 5.41) is 14.4. The van der Waals surface area contributed by atoms with Crippen molar-refractivity contribution in [3.63, 3.8) is 0 Å². The van der Waals surface area contributed by atoms with Crippen LogP contribution in [0.3, 0.4) is 0 Å². The molecule has 3 aromatic rings. The molecule has 2 aliphatic heterocycles. The summed E-state index contributed by atoms with van der Waals surface area (Å²) in [4.78, 5) is 45.6. The van der Waals surface area contributed by atoms with Crippen molar-refractivity contribution in [1.29, 1.82) is 0 Å². The molecule has 3 atom stereocenters. The number of thiazole rings is 1. The van der Waals surface area contributed by atoms with E-state index in [1.807, 2.05) is 11.4 Å². The van der Waals surface area contributed by atoms with E-state index in [1.54, 1.807) is 6.20 Å². The number of carbonyl (C=O) groups is 2. The first-order chi connectivity index (χ1) is 19.2. The largest absolute Gasteiger partial charge is 0.481 e. The third kappa shape index (κ3) is 6.63. The minimum absolute atomic E-state index is 0.132. The van der Waals surface area contributed by atoms with Crippen molar-refractivity contribution < 1.29 is 14.7 Å². The quantitative estimate of drug-likeness (QED) is 0.351. The van der Waals surface area contributed by atoms with Gasteiger partial charge >= 0.3 is 5.97 Å². The van der Waals surface area contributed by atoms with Crippen LogP contribution in [0.1, 0.15) is 55.4 Å². The number of piperazine rings is 1. The van der Waals surface area contributed by atoms with Gasteiger partial charge in [0.25, 0.3) is 5.91 Å². The molecule has 0 spiro atoms. The van der Waals surface area contributed by atoms with E-state index >= 15 is 0 Å². The fraction of sp³-hybridized carbons (Fsp3) is 0.519. The number of nitrogens with one attached hydrogen (secondary N) is 1. The van der Waals surface area contributed by atoms with E-state index in [2.05, 4.69) is 50.8 Å². The topological polar surface area (TPSA) is 115 Å². The maximum Gasteiger partial charge on any atom is 0.304 e. The molecule has 2 saturated heterocycles. The van der Waals surface area contributed by atoms with E-state index in [9.17, 15) is 9.59 Å². The lowest BCUT2D eigenvalue weighted by molar-refractivity contribution is -0.137. The van der Waals surface area contributed by atoms with E-state index in [1.165, 1.54) is 41.7 Å². The Morgan fingerprint density at radius 3 is 2.52 bits per heavy atom. The SMILES string of the molecule is CC1CC[C@@H](C)N1Cc1sc(NC(=O)c2cnc(N3CCN(CCC(=O)O)[C@@H](C)C3)cn2)nc1-c1csc(Cl)c1. The molecule has 214 valence electrons. The van der Waals surface area contributed by atoms with E-state index in [0.717, 1.165) is 35.8 Å². The van der Waals surface area contributed by atoms with Gasteiger partial charge in [0.05, 0.1) is 28.8 Å². The first-order valence-corrected chi connectivity index (χ1v) is 15.6. The molecule has 1 amide bonds. The van der Waals surface area contributed by atoms with Gasteiger partial charge in [-0.1, -0.05) is 22.9 Å². The summed E-state index contributed by atoms with van der Waals surface area (Å²) in [5.41, 5.74) is 2.03. The van der Waals surface area contributed by atoms with Crippen molar-refractivity contribution in [2.75, 3.05) is 36.4 Å². The molecule has 2 fully saturated rings. The number of aliphatic carboxylic acids is 1. The van der Waals surface area contributed by atoms with Gasteiger partial charge in [0.1, 0.15) is 11.5 Å². The van der Waals surface area contributed by atoms with Gasteiger partial charge in [-0.25, -0.2) is 15.0 Å². The highest BCUT2D eigenvalue weighted by Crippen LogP contribution is 2.38. The molecule has 0 radical (unpaired) electrons. The first kappa shape index (κ1) is 28.9. The number of carboxylic acids is 1. The molecule has 10 nitrogen and oxygen atoms in total. The molecule has 0 bridgehead atoms. The second kappa shape index (κ2) is 12.5. The Bertz CT molecular complexity index is 1340. The number of amides is 1. The summed E-state index contributed by atoms with van der Waals surface area (Å²) in [7, 11) is 0. The zero-order chi connectivity index (χ0) is 28.4. The Morgan fingerprint density at radius 2 is 1.90 bits per heavy atom. The lowest BCUT2D eigenvalue weighted by atomic mass is 10.2. The average Bonchev–Trinajstić information content (AvgIpc) is 3.63. The predicted octanol–water partition coefficient (Wildman–Crippen LogP) is 4.93. The van der Waals surface area contributed by atoms with Crippen LogP contribution in [0, 0.1) is 0 Å². The number of hydrogen-bond donors (Lipinski definition) is 2. The number of carbonyl (C=O) groups excluding carboxylic acids is 1. The Morgan fingerprint density at radius 1 is 1.12 bits per heavy atom. The van der Waals surface area contributed by atoms with Gasteiger partial charge in [-0.05, 0) is 39.7 Å². The van der Waals surface area contributed by atoms with Gasteiger partial charge in [-0.15, -0.1) is 11.3 Å². The van der Waals surface area contributed by atoms with Crippen molar-refractivity contribution in [3.05, 3.63) is 38.7 Å². The summed E-state index contributed by atoms with van der Waals surface area (Å²) in [6, 6.07) is 3.11. The van der Waals surface area contributed by atoms with Crippen LogP contribution in [0.4, 0.5) is 10.9 Å². The van der Waals surface area contributed by atoms with E-state index in [0.29, 0.717) is 40.5 Å². The van der Waals surface area contributed by atoms with Gasteiger partial charge in [-0.3, -0.25) is 24.7 Å².